The minimum Gasteiger partial charge on any atom is -0.347 e. The maximum atomic E-state index is 15.4. The van der Waals surface area contributed by atoms with Gasteiger partial charge in [0.05, 0.1) is 22.4 Å². The molecule has 0 radical (unpaired) electrons. The van der Waals surface area contributed by atoms with Crippen molar-refractivity contribution in [2.45, 2.75) is 58.1 Å². The summed E-state index contributed by atoms with van der Waals surface area (Å²) in [5, 5.41) is 9.45. The van der Waals surface area contributed by atoms with Crippen molar-refractivity contribution in [3.63, 3.8) is 0 Å². The molecule has 1 aromatic heterocycles. The molecule has 2 aromatic carbocycles. The molecule has 0 atom stereocenters. The summed E-state index contributed by atoms with van der Waals surface area (Å²) in [7, 11) is -3.49. The quantitative estimate of drug-likeness (QED) is 0.418. The van der Waals surface area contributed by atoms with Crippen LogP contribution in [-0.2, 0) is 29.3 Å². The highest BCUT2D eigenvalue weighted by Crippen LogP contribution is 2.41. The van der Waals surface area contributed by atoms with E-state index in [-0.39, 0.29) is 23.1 Å². The second-order valence-corrected chi connectivity index (χ2v) is 12.1. The summed E-state index contributed by atoms with van der Waals surface area (Å²) in [6.45, 7) is 6.33. The zero-order chi connectivity index (χ0) is 25.8. The molecule has 3 aromatic rings. The minimum atomic E-state index is -4.79. The Balaban J connectivity index is 1.91. The molecule has 0 saturated heterocycles. The van der Waals surface area contributed by atoms with Gasteiger partial charge in [-0.2, -0.15) is 18.4 Å². The Labute approximate surface area is 201 Å². The smallest absolute Gasteiger partial charge is 0.347 e. The lowest BCUT2D eigenvalue weighted by atomic mass is 9.93. The van der Waals surface area contributed by atoms with Crippen molar-refractivity contribution in [1.29, 1.82) is 5.26 Å². The van der Waals surface area contributed by atoms with Crippen molar-refractivity contribution in [3.8, 4) is 17.2 Å². The fraction of sp³-hybridized carbons (Fsp3) is 0.400. The van der Waals surface area contributed by atoms with Gasteiger partial charge in [-0.15, -0.1) is 0 Å². The largest absolute Gasteiger partial charge is 0.417 e. The van der Waals surface area contributed by atoms with Crippen LogP contribution in [-0.4, -0.2) is 18.2 Å². The van der Waals surface area contributed by atoms with E-state index in [4.69, 9.17) is 0 Å². The van der Waals surface area contributed by atoms with Gasteiger partial charge in [0.2, 0.25) is 10.0 Å². The Morgan fingerprint density at radius 1 is 1.17 bits per heavy atom. The first-order valence-electron chi connectivity index (χ1n) is 11.1. The molecule has 0 aliphatic heterocycles. The highest BCUT2D eigenvalue weighted by atomic mass is 32.2. The topological polar surface area (TPSA) is 74.9 Å². The number of halogens is 4. The van der Waals surface area contributed by atoms with E-state index < -0.39 is 38.4 Å². The number of aromatic nitrogens is 1. The Hall–Kier alpha value is -2.90. The van der Waals surface area contributed by atoms with Crippen LogP contribution in [0.2, 0.25) is 0 Å². The van der Waals surface area contributed by atoms with Crippen LogP contribution in [0.4, 0.5) is 17.6 Å². The Bertz CT molecular complexity index is 1440. The van der Waals surface area contributed by atoms with E-state index in [0.717, 1.165) is 18.2 Å². The average Bonchev–Trinajstić information content (AvgIpc) is 3.56. The predicted molar refractivity (Wildman–Crippen MR) is 125 cm³/mol. The molecule has 5 nitrogen and oxygen atoms in total. The molecule has 4 rings (SSSR count). The highest BCUT2D eigenvalue weighted by molar-refractivity contribution is 7.90. The Morgan fingerprint density at radius 2 is 1.86 bits per heavy atom. The van der Waals surface area contributed by atoms with Crippen molar-refractivity contribution in [1.82, 2.24) is 9.29 Å². The summed E-state index contributed by atoms with van der Waals surface area (Å²) in [6.07, 6.45) is -1.89. The minimum absolute atomic E-state index is 0.0617. The van der Waals surface area contributed by atoms with Crippen molar-refractivity contribution >= 4 is 20.9 Å². The number of nitrogens with one attached hydrogen (secondary N) is 1. The average molecular weight is 508 g/mol. The van der Waals surface area contributed by atoms with Crippen molar-refractivity contribution in [2.75, 3.05) is 0 Å². The third kappa shape index (κ3) is 5.21. The number of nitriles is 1. The molecular formula is C25H25F4N3O2S. The standard InChI is InChI=1S/C25H25F4N3O2S/c1-24(2,3)14-32-13-16(12-31-35(33,34)17-7-8-17)18-9-21(26)19(10-22(18)32)23-15(11-30)5-4-6-20(23)25(27,28)29/h4-6,9-10,13,17,31H,7-8,12,14H2,1-3H3. The van der Waals surface area contributed by atoms with Gasteiger partial charge in [-0.1, -0.05) is 26.8 Å². The number of hydrogen-bond donors (Lipinski definition) is 1. The van der Waals surface area contributed by atoms with Gasteiger partial charge in [0.1, 0.15) is 5.82 Å². The fourth-order valence-corrected chi connectivity index (χ4v) is 5.55. The van der Waals surface area contributed by atoms with Crippen molar-refractivity contribution < 1.29 is 26.0 Å². The van der Waals surface area contributed by atoms with E-state index >= 15 is 4.39 Å². The van der Waals surface area contributed by atoms with Crippen LogP contribution in [0.3, 0.4) is 0 Å². The first-order chi connectivity index (χ1) is 16.2. The molecule has 1 saturated carbocycles. The molecule has 186 valence electrons. The Kier molecular flexibility index (Phi) is 6.22. The van der Waals surface area contributed by atoms with Gasteiger partial charge < -0.3 is 4.57 Å². The monoisotopic (exact) mass is 507 g/mol. The van der Waals surface area contributed by atoms with Gasteiger partial charge in [0, 0.05) is 41.3 Å². The number of sulfonamides is 1. The molecule has 1 aliphatic rings. The van der Waals surface area contributed by atoms with Gasteiger partial charge in [-0.25, -0.2) is 17.5 Å². The van der Waals surface area contributed by atoms with E-state index in [2.05, 4.69) is 4.72 Å². The lowest BCUT2D eigenvalue weighted by Crippen LogP contribution is -2.26. The van der Waals surface area contributed by atoms with Crippen LogP contribution >= 0.6 is 0 Å². The molecule has 1 N–H and O–H groups in total. The third-order valence-corrected chi connectivity index (χ3v) is 7.78. The van der Waals surface area contributed by atoms with Gasteiger partial charge in [-0.3, -0.25) is 0 Å². The second kappa shape index (κ2) is 8.64. The van der Waals surface area contributed by atoms with E-state index in [1.807, 2.05) is 20.8 Å². The lowest BCUT2D eigenvalue weighted by molar-refractivity contribution is -0.137. The van der Waals surface area contributed by atoms with Crippen LogP contribution in [0.25, 0.3) is 22.0 Å². The summed E-state index contributed by atoms with van der Waals surface area (Å²) >= 11 is 0. The number of benzene rings is 2. The maximum Gasteiger partial charge on any atom is 0.417 e. The molecule has 1 aliphatic carbocycles. The van der Waals surface area contributed by atoms with Gasteiger partial charge in [-0.05, 0) is 48.1 Å². The van der Waals surface area contributed by atoms with Crippen LogP contribution in [0.1, 0.15) is 50.3 Å². The first-order valence-corrected chi connectivity index (χ1v) is 12.7. The molecule has 10 heteroatoms. The number of alkyl halides is 3. The summed E-state index contributed by atoms with van der Waals surface area (Å²) in [4.78, 5) is 0. The number of nitrogens with zero attached hydrogens (tertiary/aromatic N) is 2. The van der Waals surface area contributed by atoms with Crippen LogP contribution in [0.15, 0.2) is 36.5 Å². The zero-order valence-corrected chi connectivity index (χ0v) is 20.3. The highest BCUT2D eigenvalue weighted by Gasteiger charge is 2.37. The van der Waals surface area contributed by atoms with Gasteiger partial charge in [0.25, 0.3) is 0 Å². The summed E-state index contributed by atoms with van der Waals surface area (Å²) in [5.74, 6) is -0.925. The number of hydrogen-bond acceptors (Lipinski definition) is 3. The molecule has 0 spiro atoms. The lowest BCUT2D eigenvalue weighted by Gasteiger charge is -2.20. The number of rotatable bonds is 6. The number of fused-ring (bicyclic) bond motifs is 1. The van der Waals surface area contributed by atoms with Gasteiger partial charge >= 0.3 is 6.18 Å². The zero-order valence-electron chi connectivity index (χ0n) is 19.5. The van der Waals surface area contributed by atoms with Crippen molar-refractivity contribution in [2.24, 2.45) is 5.41 Å². The molecule has 0 unspecified atom stereocenters. The van der Waals surface area contributed by atoms with E-state index in [0.29, 0.717) is 35.9 Å². The van der Waals surface area contributed by atoms with Crippen LogP contribution in [0, 0.1) is 22.6 Å². The fourth-order valence-electron chi connectivity index (χ4n) is 4.20. The molecule has 0 amide bonds. The summed E-state index contributed by atoms with van der Waals surface area (Å²) in [5.41, 5.74) is -1.49. The van der Waals surface area contributed by atoms with Crippen LogP contribution < -0.4 is 4.72 Å². The molecule has 0 bridgehead atoms. The van der Waals surface area contributed by atoms with E-state index in [9.17, 15) is 26.9 Å². The molecule has 35 heavy (non-hydrogen) atoms. The second-order valence-electron chi connectivity index (χ2n) is 10.1. The Morgan fingerprint density at radius 3 is 2.43 bits per heavy atom. The predicted octanol–water partition coefficient (Wildman–Crippen LogP) is 5.97. The first kappa shape index (κ1) is 25.2. The summed E-state index contributed by atoms with van der Waals surface area (Å²) in [6, 6.07) is 7.35. The third-order valence-electron chi connectivity index (χ3n) is 5.88. The van der Waals surface area contributed by atoms with Crippen molar-refractivity contribution in [3.05, 3.63) is 59.0 Å². The van der Waals surface area contributed by atoms with E-state index in [1.165, 1.54) is 12.1 Å². The van der Waals surface area contributed by atoms with E-state index in [1.54, 1.807) is 16.8 Å². The summed E-state index contributed by atoms with van der Waals surface area (Å²) < 4.78 is 85.7. The maximum absolute atomic E-state index is 15.4. The normalized spacial score (nSPS) is 14.9. The molecule has 1 heterocycles. The SMILES string of the molecule is CC(C)(C)Cn1cc(CNS(=O)(=O)C2CC2)c2cc(F)c(-c3c(C#N)cccc3C(F)(F)F)cc21. The molecular weight excluding hydrogens is 482 g/mol. The molecule has 1 fully saturated rings. The van der Waals surface area contributed by atoms with Gasteiger partial charge in [0.15, 0.2) is 0 Å². The van der Waals surface area contributed by atoms with Crippen LogP contribution in [0.5, 0.6) is 0 Å².